The van der Waals surface area contributed by atoms with Crippen LogP contribution in [0.4, 0.5) is 5.69 Å². The molecule has 1 rings (SSSR count). The Hall–Kier alpha value is -0.730. The Morgan fingerprint density at radius 1 is 1.31 bits per heavy atom. The molecule has 3 heteroatoms. The zero-order chi connectivity index (χ0) is 12.0. The van der Waals surface area contributed by atoms with Gasteiger partial charge in [0.25, 0.3) is 0 Å². The number of aliphatic hydroxyl groups excluding tert-OH is 1. The highest BCUT2D eigenvalue weighted by Gasteiger charge is 2.06. The fourth-order valence-electron chi connectivity index (χ4n) is 1.59. The lowest BCUT2D eigenvalue weighted by Gasteiger charge is -2.15. The maximum Gasteiger partial charge on any atom is 0.0847 e. The number of hydrogen-bond acceptors (Lipinski definition) is 2. The summed E-state index contributed by atoms with van der Waals surface area (Å²) in [5, 5.41) is 12.6. The van der Waals surface area contributed by atoms with E-state index in [1.807, 2.05) is 18.2 Å². The normalized spacial score (nSPS) is 12.8. The van der Waals surface area contributed by atoms with E-state index in [-0.39, 0.29) is 5.88 Å². The van der Waals surface area contributed by atoms with Crippen LogP contribution in [-0.2, 0) is 6.42 Å². The molecular formula is C13H20ClNO. The molecule has 0 fully saturated rings. The molecule has 16 heavy (non-hydrogen) atoms. The van der Waals surface area contributed by atoms with Crippen molar-refractivity contribution >= 4 is 17.3 Å². The van der Waals surface area contributed by atoms with Gasteiger partial charge in [-0.1, -0.05) is 32.0 Å². The molecule has 0 spiro atoms. The highest BCUT2D eigenvalue weighted by molar-refractivity contribution is 6.18. The second-order valence-corrected chi connectivity index (χ2v) is 4.75. The lowest BCUT2D eigenvalue weighted by molar-refractivity contribution is 0.211. The summed E-state index contributed by atoms with van der Waals surface area (Å²) in [6, 6.07) is 8.20. The van der Waals surface area contributed by atoms with Crippen LogP contribution >= 0.6 is 11.6 Å². The summed E-state index contributed by atoms with van der Waals surface area (Å²) in [6.45, 7) is 4.90. The van der Waals surface area contributed by atoms with Crippen LogP contribution in [0.1, 0.15) is 19.4 Å². The number of alkyl halides is 1. The fraction of sp³-hybridized carbons (Fsp3) is 0.538. The zero-order valence-corrected chi connectivity index (χ0v) is 10.7. The average Bonchev–Trinajstić information content (AvgIpc) is 2.26. The zero-order valence-electron chi connectivity index (χ0n) is 9.91. The number of aliphatic hydroxyl groups is 1. The number of benzene rings is 1. The van der Waals surface area contributed by atoms with Crippen molar-refractivity contribution < 1.29 is 5.11 Å². The van der Waals surface area contributed by atoms with Gasteiger partial charge >= 0.3 is 0 Å². The molecule has 0 amide bonds. The number of hydrogen-bond donors (Lipinski definition) is 2. The third-order valence-electron chi connectivity index (χ3n) is 2.35. The first kappa shape index (κ1) is 13.3. The predicted octanol–water partition coefficient (Wildman–Crippen LogP) is 2.90. The Balaban J connectivity index is 2.63. The first-order valence-electron chi connectivity index (χ1n) is 5.69. The lowest BCUT2D eigenvalue weighted by Crippen LogP contribution is -2.21. The van der Waals surface area contributed by atoms with Crippen LogP contribution in [0.25, 0.3) is 0 Å². The van der Waals surface area contributed by atoms with Crippen molar-refractivity contribution in [2.75, 3.05) is 17.7 Å². The summed E-state index contributed by atoms with van der Waals surface area (Å²) in [5.41, 5.74) is 2.39. The molecule has 0 saturated heterocycles. The van der Waals surface area contributed by atoms with Gasteiger partial charge in [0.1, 0.15) is 0 Å². The van der Waals surface area contributed by atoms with Crippen molar-refractivity contribution in [3.63, 3.8) is 0 Å². The predicted molar refractivity (Wildman–Crippen MR) is 70.2 cm³/mol. The Morgan fingerprint density at radius 2 is 2.00 bits per heavy atom. The second kappa shape index (κ2) is 6.77. The molecule has 0 aliphatic heterocycles. The Kier molecular flexibility index (Phi) is 5.64. The molecule has 1 aromatic rings. The maximum absolute atomic E-state index is 9.40. The summed E-state index contributed by atoms with van der Waals surface area (Å²) >= 11 is 5.55. The molecule has 2 nitrogen and oxygen atoms in total. The Bertz CT molecular complexity index is 315. The summed E-state index contributed by atoms with van der Waals surface area (Å²) in [4.78, 5) is 0. The fourth-order valence-corrected chi connectivity index (χ4v) is 1.70. The van der Waals surface area contributed by atoms with Crippen molar-refractivity contribution in [3.05, 3.63) is 29.8 Å². The summed E-state index contributed by atoms with van der Waals surface area (Å²) < 4.78 is 0. The Labute approximate surface area is 103 Å². The van der Waals surface area contributed by atoms with Gasteiger partial charge in [-0.05, 0) is 24.0 Å². The van der Waals surface area contributed by atoms with Crippen LogP contribution < -0.4 is 5.32 Å². The number of halogens is 1. The van der Waals surface area contributed by atoms with Crippen molar-refractivity contribution in [2.45, 2.75) is 26.4 Å². The summed E-state index contributed by atoms with van der Waals surface area (Å²) in [5.74, 6) is 0.889. The molecule has 0 heterocycles. The molecule has 1 atom stereocenters. The van der Waals surface area contributed by atoms with Gasteiger partial charge in [-0.25, -0.2) is 0 Å². The summed E-state index contributed by atoms with van der Waals surface area (Å²) in [7, 11) is 0. The molecule has 0 aliphatic carbocycles. The van der Waals surface area contributed by atoms with E-state index in [1.165, 1.54) is 5.56 Å². The smallest absolute Gasteiger partial charge is 0.0847 e. The molecule has 0 bridgehead atoms. The van der Waals surface area contributed by atoms with Crippen LogP contribution in [0.3, 0.4) is 0 Å². The van der Waals surface area contributed by atoms with Gasteiger partial charge in [0.2, 0.25) is 0 Å². The van der Waals surface area contributed by atoms with Gasteiger partial charge in [-0.3, -0.25) is 0 Å². The van der Waals surface area contributed by atoms with Crippen molar-refractivity contribution in [1.82, 2.24) is 0 Å². The molecule has 0 saturated carbocycles. The van der Waals surface area contributed by atoms with E-state index in [1.54, 1.807) is 0 Å². The molecular weight excluding hydrogens is 222 g/mol. The molecule has 0 aromatic heterocycles. The minimum Gasteiger partial charge on any atom is -0.390 e. The number of nitrogens with one attached hydrogen (secondary N) is 1. The highest BCUT2D eigenvalue weighted by atomic mass is 35.5. The van der Waals surface area contributed by atoms with E-state index in [9.17, 15) is 5.11 Å². The largest absolute Gasteiger partial charge is 0.390 e. The van der Waals surface area contributed by atoms with Gasteiger partial charge < -0.3 is 10.4 Å². The third-order valence-corrected chi connectivity index (χ3v) is 2.71. The molecule has 2 N–H and O–H groups in total. The first-order valence-corrected chi connectivity index (χ1v) is 6.22. The Morgan fingerprint density at radius 3 is 2.62 bits per heavy atom. The average molecular weight is 242 g/mol. The van der Waals surface area contributed by atoms with Crippen LogP contribution in [-0.4, -0.2) is 23.6 Å². The topological polar surface area (TPSA) is 32.3 Å². The van der Waals surface area contributed by atoms with Crippen molar-refractivity contribution in [1.29, 1.82) is 0 Å². The quantitative estimate of drug-likeness (QED) is 0.751. The molecule has 90 valence electrons. The van der Waals surface area contributed by atoms with E-state index in [2.05, 4.69) is 25.2 Å². The van der Waals surface area contributed by atoms with Crippen LogP contribution in [0.15, 0.2) is 24.3 Å². The van der Waals surface area contributed by atoms with Gasteiger partial charge in [0.05, 0.1) is 12.0 Å². The van der Waals surface area contributed by atoms with Crippen LogP contribution in [0.5, 0.6) is 0 Å². The van der Waals surface area contributed by atoms with Crippen LogP contribution in [0, 0.1) is 5.92 Å². The first-order chi connectivity index (χ1) is 7.63. The standard InChI is InChI=1S/C13H20ClNO/c1-10(2)7-11-5-3-4-6-13(11)15-9-12(16)8-14/h3-6,10,12,15-16H,7-9H2,1-2H3. The van der Waals surface area contributed by atoms with Gasteiger partial charge in [-0.15, -0.1) is 11.6 Å². The van der Waals surface area contributed by atoms with E-state index >= 15 is 0 Å². The summed E-state index contributed by atoms with van der Waals surface area (Å²) in [6.07, 6.45) is 0.550. The monoisotopic (exact) mass is 241 g/mol. The lowest BCUT2D eigenvalue weighted by atomic mass is 10.0. The van der Waals surface area contributed by atoms with Crippen LogP contribution in [0.2, 0.25) is 0 Å². The molecule has 0 radical (unpaired) electrons. The van der Waals surface area contributed by atoms with E-state index in [0.717, 1.165) is 12.1 Å². The van der Waals surface area contributed by atoms with Gasteiger partial charge in [0, 0.05) is 12.2 Å². The number of para-hydroxylation sites is 1. The minimum atomic E-state index is -0.492. The van der Waals surface area contributed by atoms with E-state index in [0.29, 0.717) is 12.5 Å². The van der Waals surface area contributed by atoms with Crippen molar-refractivity contribution in [2.24, 2.45) is 5.92 Å². The van der Waals surface area contributed by atoms with E-state index in [4.69, 9.17) is 11.6 Å². The number of anilines is 1. The number of rotatable bonds is 6. The third kappa shape index (κ3) is 4.42. The minimum absolute atomic E-state index is 0.263. The van der Waals surface area contributed by atoms with E-state index < -0.39 is 6.10 Å². The van der Waals surface area contributed by atoms with Crippen molar-refractivity contribution in [3.8, 4) is 0 Å². The SMILES string of the molecule is CC(C)Cc1ccccc1NCC(O)CCl. The maximum atomic E-state index is 9.40. The molecule has 1 aromatic carbocycles. The van der Waals surface area contributed by atoms with Gasteiger partial charge in [-0.2, -0.15) is 0 Å². The molecule has 1 unspecified atom stereocenters. The second-order valence-electron chi connectivity index (χ2n) is 4.44. The highest BCUT2D eigenvalue weighted by Crippen LogP contribution is 2.18. The molecule has 0 aliphatic rings. The van der Waals surface area contributed by atoms with Gasteiger partial charge in [0.15, 0.2) is 0 Å².